The third kappa shape index (κ3) is 3.70. The summed E-state index contributed by atoms with van der Waals surface area (Å²) in [6.07, 6.45) is 0. The fourth-order valence-corrected chi connectivity index (χ4v) is 6.68. The first-order valence-corrected chi connectivity index (χ1v) is 13.8. The number of halogens is 1. The molecule has 0 aliphatic carbocycles. The van der Waals surface area contributed by atoms with Gasteiger partial charge in [-0.25, -0.2) is 4.39 Å². The van der Waals surface area contributed by atoms with Crippen LogP contribution in [0.25, 0.3) is 54.6 Å². The van der Waals surface area contributed by atoms with Crippen molar-refractivity contribution >= 4 is 44.1 Å². The second kappa shape index (κ2) is 8.72. The van der Waals surface area contributed by atoms with Crippen LogP contribution in [0.3, 0.4) is 0 Å². The number of fused-ring (bicyclic) bond motifs is 8. The zero-order valence-corrected chi connectivity index (χ0v) is 21.6. The van der Waals surface area contributed by atoms with Gasteiger partial charge in [-0.15, -0.1) is 0 Å². The molecule has 1 aliphatic rings. The van der Waals surface area contributed by atoms with Crippen LogP contribution in [0.4, 0.5) is 4.39 Å². The van der Waals surface area contributed by atoms with E-state index in [-0.39, 0.29) is 5.82 Å². The number of hydrogen-bond acceptors (Lipinski definition) is 2. The summed E-state index contributed by atoms with van der Waals surface area (Å²) in [5.41, 5.74) is 4.58. The molecule has 0 radical (unpaired) electrons. The standard InChI is InChI=1S/C36H21FOS/c37-26-14-16-29-27-8-1-2-9-28(27)31-19-24(12-15-30(31)32(29)21-26)22-6-5-7-23(18-22)25-13-17-34-36(20-25)39-35-11-4-3-10-33(35)38-34/h1-21H. The van der Waals surface area contributed by atoms with Gasteiger partial charge >= 0.3 is 0 Å². The molecule has 0 N–H and O–H groups in total. The summed E-state index contributed by atoms with van der Waals surface area (Å²) in [6, 6.07) is 43.2. The minimum absolute atomic E-state index is 0.215. The average Bonchev–Trinajstić information content (AvgIpc) is 2.99. The zero-order chi connectivity index (χ0) is 25.9. The lowest BCUT2D eigenvalue weighted by Crippen LogP contribution is -1.95. The Balaban J connectivity index is 1.24. The first kappa shape index (κ1) is 22.4. The van der Waals surface area contributed by atoms with Crippen LogP contribution in [0.15, 0.2) is 137 Å². The Bertz CT molecular complexity index is 2100. The topological polar surface area (TPSA) is 9.23 Å². The molecular formula is C36H21FOS. The highest BCUT2D eigenvalue weighted by molar-refractivity contribution is 7.99. The summed E-state index contributed by atoms with van der Waals surface area (Å²) in [5, 5.41) is 6.53. The highest BCUT2D eigenvalue weighted by atomic mass is 32.2. The van der Waals surface area contributed by atoms with Crippen molar-refractivity contribution in [3.05, 3.63) is 133 Å². The first-order valence-electron chi connectivity index (χ1n) is 12.9. The van der Waals surface area contributed by atoms with Crippen LogP contribution >= 0.6 is 11.8 Å². The molecule has 1 nitrogen and oxygen atoms in total. The average molecular weight is 521 g/mol. The van der Waals surface area contributed by atoms with Gasteiger partial charge in [-0.3, -0.25) is 0 Å². The molecule has 0 bridgehead atoms. The van der Waals surface area contributed by atoms with Crippen LogP contribution in [-0.2, 0) is 0 Å². The molecule has 3 heteroatoms. The highest BCUT2D eigenvalue weighted by Crippen LogP contribution is 2.48. The number of para-hydroxylation sites is 1. The second-order valence-corrected chi connectivity index (χ2v) is 11.0. The molecule has 8 rings (SSSR count). The largest absolute Gasteiger partial charge is 0.455 e. The van der Waals surface area contributed by atoms with E-state index < -0.39 is 0 Å². The Morgan fingerprint density at radius 3 is 1.87 bits per heavy atom. The van der Waals surface area contributed by atoms with E-state index in [1.165, 1.54) is 5.39 Å². The summed E-state index contributed by atoms with van der Waals surface area (Å²) in [7, 11) is 0. The molecular weight excluding hydrogens is 499 g/mol. The number of benzene rings is 7. The Labute approximate surface area is 229 Å². The van der Waals surface area contributed by atoms with Crippen LogP contribution < -0.4 is 4.74 Å². The minimum Gasteiger partial charge on any atom is -0.455 e. The van der Waals surface area contributed by atoms with Gasteiger partial charge in [-0.05, 0) is 103 Å². The van der Waals surface area contributed by atoms with E-state index in [0.29, 0.717) is 0 Å². The molecule has 1 heterocycles. The normalized spacial score (nSPS) is 12.3. The zero-order valence-electron chi connectivity index (χ0n) is 20.8. The third-order valence-corrected chi connectivity index (χ3v) is 8.66. The summed E-state index contributed by atoms with van der Waals surface area (Å²) in [5.74, 6) is 1.58. The fraction of sp³-hybridized carbons (Fsp3) is 0. The van der Waals surface area contributed by atoms with Gasteiger partial charge in [0.05, 0.1) is 9.79 Å². The van der Waals surface area contributed by atoms with Crippen molar-refractivity contribution in [1.29, 1.82) is 0 Å². The van der Waals surface area contributed by atoms with Gasteiger partial charge in [0.2, 0.25) is 0 Å². The molecule has 0 saturated heterocycles. The van der Waals surface area contributed by atoms with Gasteiger partial charge in [0.1, 0.15) is 17.3 Å². The van der Waals surface area contributed by atoms with Crippen LogP contribution in [0, 0.1) is 5.82 Å². The van der Waals surface area contributed by atoms with E-state index in [4.69, 9.17) is 4.74 Å². The lowest BCUT2D eigenvalue weighted by molar-refractivity contribution is 0.454. The molecule has 0 aromatic heterocycles. The van der Waals surface area contributed by atoms with Crippen molar-refractivity contribution in [2.45, 2.75) is 9.79 Å². The SMILES string of the molecule is Fc1ccc2c3ccccc3c3cc(-c4cccc(-c5ccc6c(c5)Sc5ccccc5O6)c4)ccc3c2c1. The summed E-state index contributed by atoms with van der Waals surface area (Å²) < 4.78 is 20.4. The number of ether oxygens (including phenoxy) is 1. The van der Waals surface area contributed by atoms with Crippen molar-refractivity contribution < 1.29 is 9.13 Å². The van der Waals surface area contributed by atoms with Gasteiger partial charge in [0.15, 0.2) is 0 Å². The molecule has 7 aromatic carbocycles. The van der Waals surface area contributed by atoms with E-state index in [0.717, 1.165) is 70.5 Å². The second-order valence-electron chi connectivity index (χ2n) is 9.89. The summed E-state index contributed by atoms with van der Waals surface area (Å²) in [6.45, 7) is 0. The molecule has 7 aromatic rings. The maximum atomic E-state index is 14.3. The molecule has 0 amide bonds. The Hall–Kier alpha value is -4.60. The van der Waals surface area contributed by atoms with Crippen molar-refractivity contribution in [2.75, 3.05) is 0 Å². The van der Waals surface area contributed by atoms with Crippen molar-refractivity contribution in [2.24, 2.45) is 0 Å². The quantitative estimate of drug-likeness (QED) is 0.210. The smallest absolute Gasteiger partial charge is 0.141 e. The third-order valence-electron chi connectivity index (χ3n) is 7.56. The van der Waals surface area contributed by atoms with Crippen molar-refractivity contribution in [3.63, 3.8) is 0 Å². The van der Waals surface area contributed by atoms with E-state index in [2.05, 4.69) is 84.9 Å². The van der Waals surface area contributed by atoms with Crippen molar-refractivity contribution in [1.82, 2.24) is 0 Å². The summed E-state index contributed by atoms with van der Waals surface area (Å²) >= 11 is 1.74. The minimum atomic E-state index is -0.215. The fourth-order valence-electron chi connectivity index (χ4n) is 5.69. The molecule has 0 atom stereocenters. The van der Waals surface area contributed by atoms with E-state index in [1.54, 1.807) is 23.9 Å². The lowest BCUT2D eigenvalue weighted by atomic mass is 9.91. The predicted octanol–water partition coefficient (Wildman–Crippen LogP) is 10.9. The molecule has 0 fully saturated rings. The monoisotopic (exact) mass is 520 g/mol. The van der Waals surface area contributed by atoms with Crippen LogP contribution in [0.5, 0.6) is 11.5 Å². The van der Waals surface area contributed by atoms with Crippen molar-refractivity contribution in [3.8, 4) is 33.8 Å². The van der Waals surface area contributed by atoms with Gasteiger partial charge in [0.25, 0.3) is 0 Å². The Kier molecular flexibility index (Phi) is 5.01. The van der Waals surface area contributed by atoms with Gasteiger partial charge < -0.3 is 4.74 Å². The molecule has 1 aliphatic heterocycles. The molecule has 0 saturated carbocycles. The maximum absolute atomic E-state index is 14.3. The molecule has 39 heavy (non-hydrogen) atoms. The van der Waals surface area contributed by atoms with Gasteiger partial charge in [0, 0.05) is 0 Å². The maximum Gasteiger partial charge on any atom is 0.141 e. The van der Waals surface area contributed by atoms with Crippen LogP contribution in [0.2, 0.25) is 0 Å². The lowest BCUT2D eigenvalue weighted by Gasteiger charge is -2.20. The van der Waals surface area contributed by atoms with E-state index >= 15 is 0 Å². The van der Waals surface area contributed by atoms with Gasteiger partial charge in [-0.2, -0.15) is 0 Å². The van der Waals surface area contributed by atoms with E-state index in [1.807, 2.05) is 30.3 Å². The molecule has 0 spiro atoms. The van der Waals surface area contributed by atoms with Crippen LogP contribution in [0.1, 0.15) is 0 Å². The van der Waals surface area contributed by atoms with E-state index in [9.17, 15) is 4.39 Å². The first-order chi connectivity index (χ1) is 19.2. The summed E-state index contributed by atoms with van der Waals surface area (Å²) in [4.78, 5) is 2.25. The molecule has 184 valence electrons. The van der Waals surface area contributed by atoms with Crippen LogP contribution in [-0.4, -0.2) is 0 Å². The molecule has 0 unspecified atom stereocenters. The Morgan fingerprint density at radius 2 is 1.00 bits per heavy atom. The van der Waals surface area contributed by atoms with Gasteiger partial charge in [-0.1, -0.05) is 90.6 Å². The number of hydrogen-bond donors (Lipinski definition) is 0. The number of rotatable bonds is 2. The predicted molar refractivity (Wildman–Crippen MR) is 160 cm³/mol. The highest BCUT2D eigenvalue weighted by Gasteiger charge is 2.18. The Morgan fingerprint density at radius 1 is 0.410 bits per heavy atom.